The summed E-state index contributed by atoms with van der Waals surface area (Å²) in [4.78, 5) is 10.0. The SMILES string of the molecule is CC(C)c1cccc(C(C)C)c1N=Cc1cc(C(C)(C)C)cc(C=Nc2c(C(C)C)cccc2C(C)C)c1O.[CH3-].[CH3-].[Pd].[Pd]. The summed E-state index contributed by atoms with van der Waals surface area (Å²) in [7, 11) is 0. The number of rotatable bonds is 8. The van der Waals surface area contributed by atoms with E-state index in [2.05, 4.69) is 125 Å². The topological polar surface area (TPSA) is 45.0 Å². The first-order valence-corrected chi connectivity index (χ1v) is 14.4. The van der Waals surface area contributed by atoms with Crippen LogP contribution < -0.4 is 0 Å². The minimum absolute atomic E-state index is 0. The Morgan fingerprint density at radius 2 is 0.860 bits per heavy atom. The van der Waals surface area contributed by atoms with E-state index in [1.54, 1.807) is 0 Å². The van der Waals surface area contributed by atoms with Gasteiger partial charge in [0.25, 0.3) is 0 Å². The molecule has 0 bridgehead atoms. The van der Waals surface area contributed by atoms with Crippen molar-refractivity contribution in [3.8, 4) is 5.75 Å². The number of hydrogen-bond donors (Lipinski definition) is 1. The Bertz CT molecular complexity index is 1220. The van der Waals surface area contributed by atoms with Crippen LogP contribution in [0.3, 0.4) is 0 Å². The summed E-state index contributed by atoms with van der Waals surface area (Å²) in [5.74, 6) is 1.61. The van der Waals surface area contributed by atoms with Crippen LogP contribution >= 0.6 is 0 Å². The van der Waals surface area contributed by atoms with E-state index in [1.807, 2.05) is 12.4 Å². The summed E-state index contributed by atoms with van der Waals surface area (Å²) >= 11 is 0. The number of phenolic OH excluding ortho intramolecular Hbond substituents is 1. The predicted octanol–water partition coefficient (Wildman–Crippen LogP) is 11.6. The zero-order valence-corrected chi connectivity index (χ0v) is 31.7. The molecule has 5 heteroatoms. The van der Waals surface area contributed by atoms with Crippen molar-refractivity contribution < 1.29 is 46.0 Å². The minimum atomic E-state index is -0.100. The van der Waals surface area contributed by atoms with Crippen LogP contribution in [0.25, 0.3) is 0 Å². The number of aliphatic imine (C=N–C) groups is 2. The summed E-state index contributed by atoms with van der Waals surface area (Å²) in [6.45, 7) is 24.2. The van der Waals surface area contributed by atoms with E-state index >= 15 is 0 Å². The fourth-order valence-electron chi connectivity index (χ4n) is 4.90. The van der Waals surface area contributed by atoms with Gasteiger partial charge in [0, 0.05) is 64.4 Å². The molecule has 244 valence electrons. The maximum Gasteiger partial charge on any atom is 0.133 e. The van der Waals surface area contributed by atoms with E-state index in [0.29, 0.717) is 34.8 Å². The molecule has 0 aliphatic carbocycles. The van der Waals surface area contributed by atoms with E-state index in [4.69, 9.17) is 9.98 Å². The van der Waals surface area contributed by atoms with Crippen molar-refractivity contribution in [2.45, 2.75) is 105 Å². The Labute approximate surface area is 291 Å². The Kier molecular flexibility index (Phi) is 18.3. The Balaban J connectivity index is 0. The average Bonchev–Trinajstić information content (AvgIpc) is 2.85. The monoisotopic (exact) mass is 766 g/mol. The zero-order valence-electron chi connectivity index (χ0n) is 28.6. The van der Waals surface area contributed by atoms with Crippen molar-refractivity contribution in [2.24, 2.45) is 9.98 Å². The molecule has 0 unspecified atom stereocenters. The first-order chi connectivity index (χ1) is 18.2. The molecule has 0 aromatic heterocycles. The third-order valence-electron chi connectivity index (χ3n) is 7.39. The second-order valence-corrected chi connectivity index (χ2v) is 13.0. The summed E-state index contributed by atoms with van der Waals surface area (Å²) < 4.78 is 0. The van der Waals surface area contributed by atoms with Gasteiger partial charge in [-0.15, -0.1) is 0 Å². The van der Waals surface area contributed by atoms with Gasteiger partial charge in [-0.25, -0.2) is 0 Å². The van der Waals surface area contributed by atoms with Crippen LogP contribution in [-0.4, -0.2) is 17.5 Å². The Hall–Kier alpha value is -1.88. The molecule has 3 aromatic carbocycles. The van der Waals surface area contributed by atoms with Crippen LogP contribution in [0, 0.1) is 14.9 Å². The standard InChI is InChI=1S/C36H48N2O.2CH3.2Pd/c1-22(2)29-14-12-15-30(23(3)4)33(29)37-20-26-18-28(36(9,10)11)19-27(35(26)39)21-38-34-31(24(5)6)16-13-17-32(34)25(7)8;;;;/h12-25,39H,1-11H3;2*1H3;;/q;2*-1;;. The van der Waals surface area contributed by atoms with Crippen LogP contribution in [0.1, 0.15) is 139 Å². The van der Waals surface area contributed by atoms with Crippen molar-refractivity contribution in [1.82, 2.24) is 0 Å². The molecule has 0 saturated heterocycles. The molecule has 43 heavy (non-hydrogen) atoms. The van der Waals surface area contributed by atoms with Gasteiger partial charge in [0.1, 0.15) is 5.75 Å². The summed E-state index contributed by atoms with van der Waals surface area (Å²) in [5, 5.41) is 11.5. The van der Waals surface area contributed by atoms with Gasteiger partial charge in [-0.3, -0.25) is 9.98 Å². The van der Waals surface area contributed by atoms with Crippen LogP contribution in [0.2, 0.25) is 0 Å². The first kappa shape index (κ1) is 43.3. The third-order valence-corrected chi connectivity index (χ3v) is 7.39. The van der Waals surface area contributed by atoms with Crippen LogP contribution in [0.5, 0.6) is 5.75 Å². The fraction of sp³-hybridized carbons (Fsp3) is 0.421. The quantitative estimate of drug-likeness (QED) is 0.138. The van der Waals surface area contributed by atoms with Gasteiger partial charge in [0.15, 0.2) is 0 Å². The van der Waals surface area contributed by atoms with Gasteiger partial charge < -0.3 is 20.0 Å². The maximum atomic E-state index is 11.5. The normalized spacial score (nSPS) is 11.6. The summed E-state index contributed by atoms with van der Waals surface area (Å²) in [5.41, 5.74) is 9.33. The molecular weight excluding hydrogens is 713 g/mol. The Morgan fingerprint density at radius 1 is 0.581 bits per heavy atom. The second kappa shape index (κ2) is 18.2. The number of phenols is 1. The van der Waals surface area contributed by atoms with Gasteiger partial charge in [0.2, 0.25) is 0 Å². The molecular formula is C38H54N2OPd2-2. The molecule has 3 aromatic rings. The van der Waals surface area contributed by atoms with Crippen molar-refractivity contribution in [3.05, 3.63) is 102 Å². The largest absolute Gasteiger partial charge is 0.507 e. The minimum Gasteiger partial charge on any atom is -0.507 e. The number of hydrogen-bond acceptors (Lipinski definition) is 3. The van der Waals surface area contributed by atoms with Gasteiger partial charge in [-0.05, 0) is 69.0 Å². The van der Waals surface area contributed by atoms with E-state index in [0.717, 1.165) is 16.9 Å². The van der Waals surface area contributed by atoms with E-state index in [9.17, 15) is 5.11 Å². The van der Waals surface area contributed by atoms with Gasteiger partial charge in [-0.2, -0.15) is 0 Å². The summed E-state index contributed by atoms with van der Waals surface area (Å²) in [6.07, 6.45) is 3.66. The molecule has 0 aliphatic heterocycles. The van der Waals surface area contributed by atoms with Crippen LogP contribution in [0.4, 0.5) is 11.4 Å². The molecule has 0 spiro atoms. The number of aromatic hydroxyl groups is 1. The van der Waals surface area contributed by atoms with E-state index in [-0.39, 0.29) is 66.9 Å². The molecule has 0 radical (unpaired) electrons. The van der Waals surface area contributed by atoms with Crippen molar-refractivity contribution in [2.75, 3.05) is 0 Å². The van der Waals surface area contributed by atoms with Crippen molar-refractivity contribution in [1.29, 1.82) is 0 Å². The van der Waals surface area contributed by atoms with Gasteiger partial charge in [0.05, 0.1) is 11.4 Å². The van der Waals surface area contributed by atoms with Crippen molar-refractivity contribution >= 4 is 23.8 Å². The molecule has 0 saturated carbocycles. The molecule has 0 atom stereocenters. The van der Waals surface area contributed by atoms with Gasteiger partial charge >= 0.3 is 0 Å². The summed E-state index contributed by atoms with van der Waals surface area (Å²) in [6, 6.07) is 17.0. The predicted molar refractivity (Wildman–Crippen MR) is 183 cm³/mol. The van der Waals surface area contributed by atoms with E-state index < -0.39 is 0 Å². The number of benzene rings is 3. The third kappa shape index (κ3) is 10.6. The zero-order chi connectivity index (χ0) is 29.1. The molecule has 0 heterocycles. The molecule has 0 fully saturated rings. The average molecular weight is 768 g/mol. The molecule has 0 amide bonds. The molecule has 0 aliphatic rings. The molecule has 3 nitrogen and oxygen atoms in total. The maximum absolute atomic E-state index is 11.5. The fourth-order valence-corrected chi connectivity index (χ4v) is 4.90. The van der Waals surface area contributed by atoms with Gasteiger partial charge in [-0.1, -0.05) is 113 Å². The van der Waals surface area contributed by atoms with Crippen molar-refractivity contribution in [3.63, 3.8) is 0 Å². The van der Waals surface area contributed by atoms with Crippen LogP contribution in [-0.2, 0) is 46.3 Å². The smallest absolute Gasteiger partial charge is 0.133 e. The first-order valence-electron chi connectivity index (χ1n) is 14.4. The van der Waals surface area contributed by atoms with Crippen LogP contribution in [0.15, 0.2) is 58.5 Å². The number of nitrogens with zero attached hydrogens (tertiary/aromatic N) is 2. The number of para-hydroxylation sites is 2. The molecule has 1 N–H and O–H groups in total. The molecule has 3 rings (SSSR count). The Morgan fingerprint density at radius 3 is 1.09 bits per heavy atom. The van der Waals surface area contributed by atoms with E-state index in [1.165, 1.54) is 22.3 Å². The second-order valence-electron chi connectivity index (χ2n) is 13.0.